The van der Waals surface area contributed by atoms with E-state index in [0.717, 1.165) is 5.56 Å². The molecule has 7 nitrogen and oxygen atoms in total. The summed E-state index contributed by atoms with van der Waals surface area (Å²) in [6.07, 6.45) is 4.73. The molecule has 22 heavy (non-hydrogen) atoms. The average molecular weight is 306 g/mol. The molecule has 3 unspecified atom stereocenters. The molecule has 2 amide bonds. The molecular formula is C15H22N4O3. The van der Waals surface area contributed by atoms with Gasteiger partial charge in [-0.15, -0.1) is 0 Å². The summed E-state index contributed by atoms with van der Waals surface area (Å²) >= 11 is 0. The van der Waals surface area contributed by atoms with Crippen LogP contribution in [0.25, 0.3) is 0 Å². The van der Waals surface area contributed by atoms with Crippen LogP contribution in [0.15, 0.2) is 35.2 Å². The fourth-order valence-electron chi connectivity index (χ4n) is 2.20. The van der Waals surface area contributed by atoms with Crippen LogP contribution in [0.1, 0.15) is 43.7 Å². The Morgan fingerprint density at radius 2 is 2.23 bits per heavy atom. The second-order valence-electron chi connectivity index (χ2n) is 5.45. The van der Waals surface area contributed by atoms with Crippen LogP contribution in [-0.4, -0.2) is 27.0 Å². The molecule has 0 fully saturated rings. The van der Waals surface area contributed by atoms with Crippen LogP contribution in [0.5, 0.6) is 0 Å². The molecule has 0 aliphatic heterocycles. The average Bonchev–Trinajstić information content (AvgIpc) is 3.08. The Labute approximate surface area is 129 Å². The Morgan fingerprint density at radius 3 is 2.82 bits per heavy atom. The number of nitrogens with zero attached hydrogens (tertiary/aromatic N) is 2. The van der Waals surface area contributed by atoms with Gasteiger partial charge in [-0.05, 0) is 26.0 Å². The molecular weight excluding hydrogens is 284 g/mol. The molecule has 7 heteroatoms. The first kappa shape index (κ1) is 16.1. The summed E-state index contributed by atoms with van der Waals surface area (Å²) in [5, 5.41) is 19.7. The smallest absolute Gasteiger partial charge is 0.315 e. The highest BCUT2D eigenvalue weighted by molar-refractivity contribution is 5.74. The second kappa shape index (κ2) is 7.13. The van der Waals surface area contributed by atoms with Crippen molar-refractivity contribution in [3.05, 3.63) is 42.1 Å². The SMILES string of the molecule is CC(CC(O)c1ccco1)NC(=O)NC(C)c1cnn(C)c1. The van der Waals surface area contributed by atoms with Gasteiger partial charge in [0.15, 0.2) is 0 Å². The van der Waals surface area contributed by atoms with Crippen molar-refractivity contribution in [3.8, 4) is 0 Å². The minimum absolute atomic E-state index is 0.143. The zero-order valence-electron chi connectivity index (χ0n) is 13.0. The first-order chi connectivity index (χ1) is 10.5. The third kappa shape index (κ3) is 4.36. The molecule has 2 heterocycles. The maximum Gasteiger partial charge on any atom is 0.315 e. The minimum Gasteiger partial charge on any atom is -0.467 e. The first-order valence-electron chi connectivity index (χ1n) is 7.22. The zero-order chi connectivity index (χ0) is 16.1. The molecule has 2 aromatic rings. The zero-order valence-corrected chi connectivity index (χ0v) is 13.0. The van der Waals surface area contributed by atoms with Crippen LogP contribution >= 0.6 is 0 Å². The van der Waals surface area contributed by atoms with Crippen molar-refractivity contribution < 1.29 is 14.3 Å². The fourth-order valence-corrected chi connectivity index (χ4v) is 2.20. The number of amides is 2. The van der Waals surface area contributed by atoms with E-state index in [2.05, 4.69) is 15.7 Å². The molecule has 0 radical (unpaired) electrons. The number of aryl methyl sites for hydroxylation is 1. The van der Waals surface area contributed by atoms with Crippen molar-refractivity contribution in [3.63, 3.8) is 0 Å². The minimum atomic E-state index is -0.735. The Hall–Kier alpha value is -2.28. The van der Waals surface area contributed by atoms with Crippen molar-refractivity contribution >= 4 is 6.03 Å². The fraction of sp³-hybridized carbons (Fsp3) is 0.467. The Balaban J connectivity index is 1.78. The lowest BCUT2D eigenvalue weighted by Gasteiger charge is -2.19. The second-order valence-corrected chi connectivity index (χ2v) is 5.45. The van der Waals surface area contributed by atoms with E-state index in [9.17, 15) is 9.90 Å². The number of rotatable bonds is 6. The van der Waals surface area contributed by atoms with Crippen molar-refractivity contribution in [2.75, 3.05) is 0 Å². The standard InChI is InChI=1S/C15H22N4O3/c1-10(7-13(20)14-5-4-6-22-14)17-15(21)18-11(2)12-8-16-19(3)9-12/h4-6,8-11,13,20H,7H2,1-3H3,(H2,17,18,21). The van der Waals surface area contributed by atoms with E-state index in [1.807, 2.05) is 27.1 Å². The number of aromatic nitrogens is 2. The summed E-state index contributed by atoms with van der Waals surface area (Å²) in [6, 6.07) is 2.81. The highest BCUT2D eigenvalue weighted by atomic mass is 16.4. The van der Waals surface area contributed by atoms with E-state index in [-0.39, 0.29) is 18.1 Å². The molecule has 0 aromatic carbocycles. The van der Waals surface area contributed by atoms with Crippen molar-refractivity contribution in [1.29, 1.82) is 0 Å². The van der Waals surface area contributed by atoms with Crippen molar-refractivity contribution in [2.45, 2.75) is 38.5 Å². The quantitative estimate of drug-likeness (QED) is 0.760. The third-order valence-electron chi connectivity index (χ3n) is 3.40. The lowest BCUT2D eigenvalue weighted by Crippen LogP contribution is -2.42. The molecule has 0 spiro atoms. The molecule has 0 saturated heterocycles. The van der Waals surface area contributed by atoms with Crippen LogP contribution in [0, 0.1) is 0 Å². The van der Waals surface area contributed by atoms with Crippen LogP contribution in [0.4, 0.5) is 4.79 Å². The molecule has 3 atom stereocenters. The summed E-state index contributed by atoms with van der Waals surface area (Å²) in [7, 11) is 1.83. The lowest BCUT2D eigenvalue weighted by molar-refractivity contribution is 0.129. The number of aliphatic hydroxyl groups excluding tert-OH is 1. The van der Waals surface area contributed by atoms with Crippen LogP contribution in [0.3, 0.4) is 0 Å². The van der Waals surface area contributed by atoms with E-state index in [0.29, 0.717) is 12.2 Å². The van der Waals surface area contributed by atoms with Gasteiger partial charge in [0.2, 0.25) is 0 Å². The molecule has 120 valence electrons. The predicted octanol–water partition coefficient (Wildman–Crippen LogP) is 1.89. The molecule has 3 N–H and O–H groups in total. The van der Waals surface area contributed by atoms with Gasteiger partial charge in [-0.1, -0.05) is 0 Å². The molecule has 0 aliphatic rings. The number of urea groups is 1. The number of aliphatic hydroxyl groups is 1. The maximum absolute atomic E-state index is 12.0. The number of furan rings is 1. The highest BCUT2D eigenvalue weighted by Crippen LogP contribution is 2.18. The van der Waals surface area contributed by atoms with Crippen LogP contribution in [-0.2, 0) is 7.05 Å². The number of carbonyl (C=O) groups excluding carboxylic acids is 1. The van der Waals surface area contributed by atoms with Gasteiger partial charge in [-0.25, -0.2) is 4.79 Å². The van der Waals surface area contributed by atoms with E-state index in [4.69, 9.17) is 4.42 Å². The highest BCUT2D eigenvalue weighted by Gasteiger charge is 2.17. The number of carbonyl (C=O) groups is 1. The van der Waals surface area contributed by atoms with Gasteiger partial charge in [0, 0.05) is 31.3 Å². The molecule has 2 aromatic heterocycles. The summed E-state index contributed by atoms with van der Waals surface area (Å²) < 4.78 is 6.83. The van der Waals surface area contributed by atoms with Gasteiger partial charge in [0.05, 0.1) is 18.5 Å². The van der Waals surface area contributed by atoms with Crippen molar-refractivity contribution in [1.82, 2.24) is 20.4 Å². The maximum atomic E-state index is 12.0. The molecule has 2 rings (SSSR count). The summed E-state index contributed by atoms with van der Waals surface area (Å²) in [5.74, 6) is 0.498. The van der Waals surface area contributed by atoms with E-state index < -0.39 is 6.10 Å². The summed E-state index contributed by atoms with van der Waals surface area (Å²) in [6.45, 7) is 3.72. The summed E-state index contributed by atoms with van der Waals surface area (Å²) in [5.41, 5.74) is 0.931. The molecule has 0 bridgehead atoms. The topological polar surface area (TPSA) is 92.3 Å². The van der Waals surface area contributed by atoms with Gasteiger partial charge in [-0.3, -0.25) is 4.68 Å². The van der Waals surface area contributed by atoms with Gasteiger partial charge in [0.1, 0.15) is 11.9 Å². The number of hydrogen-bond acceptors (Lipinski definition) is 4. The van der Waals surface area contributed by atoms with Gasteiger partial charge < -0.3 is 20.2 Å². The Morgan fingerprint density at radius 1 is 1.45 bits per heavy atom. The molecule has 0 aliphatic carbocycles. The Kier molecular flexibility index (Phi) is 5.21. The van der Waals surface area contributed by atoms with Crippen LogP contribution < -0.4 is 10.6 Å². The third-order valence-corrected chi connectivity index (χ3v) is 3.40. The van der Waals surface area contributed by atoms with E-state index in [1.54, 1.807) is 23.0 Å². The monoisotopic (exact) mass is 306 g/mol. The normalized spacial score (nSPS) is 15.1. The first-order valence-corrected chi connectivity index (χ1v) is 7.22. The lowest BCUT2D eigenvalue weighted by atomic mass is 10.1. The van der Waals surface area contributed by atoms with Crippen molar-refractivity contribution in [2.24, 2.45) is 7.05 Å². The van der Waals surface area contributed by atoms with Gasteiger partial charge in [-0.2, -0.15) is 5.10 Å². The number of nitrogens with one attached hydrogen (secondary N) is 2. The Bertz CT molecular complexity index is 594. The van der Waals surface area contributed by atoms with E-state index in [1.165, 1.54) is 6.26 Å². The number of hydrogen-bond donors (Lipinski definition) is 3. The van der Waals surface area contributed by atoms with Crippen LogP contribution in [0.2, 0.25) is 0 Å². The molecule has 0 saturated carbocycles. The predicted molar refractivity (Wildman–Crippen MR) is 81.0 cm³/mol. The largest absolute Gasteiger partial charge is 0.467 e. The van der Waals surface area contributed by atoms with Gasteiger partial charge in [0.25, 0.3) is 0 Å². The van der Waals surface area contributed by atoms with E-state index >= 15 is 0 Å². The van der Waals surface area contributed by atoms with Gasteiger partial charge >= 0.3 is 6.03 Å². The summed E-state index contributed by atoms with van der Waals surface area (Å²) in [4.78, 5) is 12.0.